The number of nitrogens with zero attached hydrogens (tertiary/aromatic N) is 1. The monoisotopic (exact) mass is 673 g/mol. The summed E-state index contributed by atoms with van der Waals surface area (Å²) in [4.78, 5) is 2.41. The zero-order valence-corrected chi connectivity index (χ0v) is 28.4. The van der Waals surface area contributed by atoms with Crippen molar-refractivity contribution in [2.24, 2.45) is 0 Å². The fourth-order valence-electron chi connectivity index (χ4n) is 7.75. The van der Waals surface area contributed by atoms with E-state index in [9.17, 15) is 0 Å². The molecule has 0 amide bonds. The molecule has 3 heterocycles. The van der Waals surface area contributed by atoms with Crippen molar-refractivity contribution in [3.8, 4) is 11.1 Å². The summed E-state index contributed by atoms with van der Waals surface area (Å²) >= 11 is 3.78. The Hall–Kier alpha value is -5.94. The Morgan fingerprint density at radius 1 is 0.380 bits per heavy atom. The maximum Gasteiger partial charge on any atom is 0.159 e. The molecule has 0 aliphatic carbocycles. The molecule has 0 bridgehead atoms. The molecule has 0 aliphatic rings. The molecule has 3 aromatic heterocycles. The minimum atomic E-state index is 0.885. The molecule has 234 valence electrons. The van der Waals surface area contributed by atoms with E-state index < -0.39 is 0 Å². The highest BCUT2D eigenvalue weighted by atomic mass is 32.1. The Balaban J connectivity index is 1.21. The molecular weight excluding hydrogens is 647 g/mol. The second-order valence-electron chi connectivity index (χ2n) is 12.8. The van der Waals surface area contributed by atoms with Crippen LogP contribution < -0.4 is 4.90 Å². The standard InChI is InChI=1S/C46H27NOS2/c1-2-10-28(11-3-1)29-20-23-31(24-21-29)47(38-17-8-15-33-34-25-22-30-12-4-5-13-32(30)43(34)48-44(33)38)39-18-9-16-35-36-26-27-41-42(46(36)50-45(35)39)37-14-6-7-19-40(37)49-41/h1-27H. The highest BCUT2D eigenvalue weighted by Gasteiger charge is 2.23. The molecule has 0 saturated heterocycles. The number of para-hydroxylation sites is 1. The third kappa shape index (κ3) is 4.07. The SMILES string of the molecule is c1ccc(-c2ccc(N(c3cccc4c3oc3c5ccccc5ccc43)c3cccc4c3sc3c4ccc4sc5ccccc5c43)cc2)cc1. The lowest BCUT2D eigenvalue weighted by Crippen LogP contribution is -2.10. The largest absolute Gasteiger partial charge is 0.453 e. The van der Waals surface area contributed by atoms with Gasteiger partial charge in [-0.3, -0.25) is 0 Å². The minimum absolute atomic E-state index is 0.885. The Labute approximate surface area is 295 Å². The first-order valence-corrected chi connectivity index (χ1v) is 18.5. The van der Waals surface area contributed by atoms with Crippen molar-refractivity contribution >= 4 is 113 Å². The van der Waals surface area contributed by atoms with E-state index in [1.807, 2.05) is 22.7 Å². The molecule has 4 heteroatoms. The molecule has 11 rings (SSSR count). The van der Waals surface area contributed by atoms with E-state index in [1.54, 1.807) is 0 Å². The summed E-state index contributed by atoms with van der Waals surface area (Å²) in [7, 11) is 0. The van der Waals surface area contributed by atoms with Gasteiger partial charge >= 0.3 is 0 Å². The Kier molecular flexibility index (Phi) is 6.03. The number of fused-ring (bicyclic) bond motifs is 12. The predicted molar refractivity (Wildman–Crippen MR) is 217 cm³/mol. The van der Waals surface area contributed by atoms with Gasteiger partial charge in [0.2, 0.25) is 0 Å². The molecule has 2 nitrogen and oxygen atoms in total. The molecule has 0 saturated carbocycles. The van der Waals surface area contributed by atoms with E-state index in [0.717, 1.165) is 44.4 Å². The van der Waals surface area contributed by atoms with Crippen LogP contribution in [0, 0.1) is 0 Å². The van der Waals surface area contributed by atoms with E-state index in [4.69, 9.17) is 4.42 Å². The Morgan fingerprint density at radius 2 is 1.04 bits per heavy atom. The van der Waals surface area contributed by atoms with Gasteiger partial charge in [0, 0.05) is 57.5 Å². The number of anilines is 3. The lowest BCUT2D eigenvalue weighted by Gasteiger charge is -2.26. The van der Waals surface area contributed by atoms with E-state index in [2.05, 4.69) is 169 Å². The van der Waals surface area contributed by atoms with Gasteiger partial charge in [-0.2, -0.15) is 0 Å². The average Bonchev–Trinajstić information content (AvgIpc) is 3.88. The Morgan fingerprint density at radius 3 is 1.92 bits per heavy atom. The summed E-state index contributed by atoms with van der Waals surface area (Å²) < 4.78 is 12.2. The number of benzene rings is 8. The number of rotatable bonds is 4. The summed E-state index contributed by atoms with van der Waals surface area (Å²) in [6, 6.07) is 59.2. The number of thiophene rings is 2. The zero-order valence-electron chi connectivity index (χ0n) is 26.8. The van der Waals surface area contributed by atoms with E-state index in [0.29, 0.717) is 0 Å². The first kappa shape index (κ1) is 28.0. The summed E-state index contributed by atoms with van der Waals surface area (Å²) in [5.74, 6) is 0. The molecule has 0 spiro atoms. The van der Waals surface area contributed by atoms with Crippen LogP contribution in [-0.4, -0.2) is 0 Å². The maximum atomic E-state index is 6.94. The molecule has 0 fully saturated rings. The average molecular weight is 674 g/mol. The fourth-order valence-corrected chi connectivity index (χ4v) is 10.3. The normalized spacial score (nSPS) is 12.0. The third-order valence-electron chi connectivity index (χ3n) is 10.1. The maximum absolute atomic E-state index is 6.94. The van der Waals surface area contributed by atoms with Crippen LogP contribution in [0.2, 0.25) is 0 Å². The Bertz CT molecular complexity index is 3090. The van der Waals surface area contributed by atoms with Crippen LogP contribution in [0.1, 0.15) is 0 Å². The molecule has 0 radical (unpaired) electrons. The van der Waals surface area contributed by atoms with Gasteiger partial charge in [-0.1, -0.05) is 121 Å². The van der Waals surface area contributed by atoms with Crippen molar-refractivity contribution < 1.29 is 4.42 Å². The van der Waals surface area contributed by atoms with Crippen molar-refractivity contribution in [1.29, 1.82) is 0 Å². The van der Waals surface area contributed by atoms with E-state index in [-0.39, 0.29) is 0 Å². The van der Waals surface area contributed by atoms with Crippen LogP contribution in [-0.2, 0) is 0 Å². The van der Waals surface area contributed by atoms with Gasteiger partial charge in [-0.05, 0) is 59.0 Å². The van der Waals surface area contributed by atoms with Gasteiger partial charge < -0.3 is 9.32 Å². The lowest BCUT2D eigenvalue weighted by atomic mass is 10.0. The van der Waals surface area contributed by atoms with Crippen molar-refractivity contribution in [3.05, 3.63) is 164 Å². The summed E-state index contributed by atoms with van der Waals surface area (Å²) in [6.07, 6.45) is 0. The highest BCUT2D eigenvalue weighted by molar-refractivity contribution is 7.30. The number of hydrogen-bond acceptors (Lipinski definition) is 4. The molecule has 0 unspecified atom stereocenters. The van der Waals surface area contributed by atoms with Gasteiger partial charge in [0.05, 0.1) is 16.1 Å². The van der Waals surface area contributed by atoms with Crippen LogP contribution >= 0.6 is 22.7 Å². The molecule has 50 heavy (non-hydrogen) atoms. The molecule has 8 aromatic carbocycles. The smallest absolute Gasteiger partial charge is 0.159 e. The predicted octanol–water partition coefficient (Wildman–Crippen LogP) is 14.6. The summed E-state index contributed by atoms with van der Waals surface area (Å²) in [5, 5.41) is 9.82. The van der Waals surface area contributed by atoms with Gasteiger partial charge in [0.1, 0.15) is 5.58 Å². The third-order valence-corrected chi connectivity index (χ3v) is 12.5. The molecule has 0 aliphatic heterocycles. The first-order chi connectivity index (χ1) is 24.8. The molecule has 0 N–H and O–H groups in total. The molecular formula is C46H27NOS2. The number of furan rings is 1. The van der Waals surface area contributed by atoms with Crippen molar-refractivity contribution in [3.63, 3.8) is 0 Å². The van der Waals surface area contributed by atoms with Crippen molar-refractivity contribution in [2.75, 3.05) is 4.90 Å². The minimum Gasteiger partial charge on any atom is -0.453 e. The first-order valence-electron chi connectivity index (χ1n) is 16.8. The van der Waals surface area contributed by atoms with E-state index in [1.165, 1.54) is 56.9 Å². The summed E-state index contributed by atoms with van der Waals surface area (Å²) in [6.45, 7) is 0. The van der Waals surface area contributed by atoms with Crippen LogP contribution in [0.3, 0.4) is 0 Å². The van der Waals surface area contributed by atoms with E-state index >= 15 is 0 Å². The van der Waals surface area contributed by atoms with Crippen molar-refractivity contribution in [1.82, 2.24) is 0 Å². The second-order valence-corrected chi connectivity index (χ2v) is 14.9. The van der Waals surface area contributed by atoms with Gasteiger partial charge in [0.15, 0.2) is 5.58 Å². The number of hydrogen-bond donors (Lipinski definition) is 0. The van der Waals surface area contributed by atoms with Crippen LogP contribution in [0.25, 0.3) is 84.2 Å². The molecule has 11 aromatic rings. The molecule has 0 atom stereocenters. The van der Waals surface area contributed by atoms with Crippen molar-refractivity contribution in [2.45, 2.75) is 0 Å². The zero-order chi connectivity index (χ0) is 32.8. The summed E-state index contributed by atoms with van der Waals surface area (Å²) in [5.41, 5.74) is 7.45. The second kappa shape index (κ2) is 10.8. The van der Waals surface area contributed by atoms with Crippen LogP contribution in [0.5, 0.6) is 0 Å². The highest BCUT2D eigenvalue weighted by Crippen LogP contribution is 2.50. The van der Waals surface area contributed by atoms with Gasteiger partial charge in [0.25, 0.3) is 0 Å². The van der Waals surface area contributed by atoms with Gasteiger partial charge in [-0.15, -0.1) is 22.7 Å². The topological polar surface area (TPSA) is 16.4 Å². The fraction of sp³-hybridized carbons (Fsp3) is 0. The van der Waals surface area contributed by atoms with Crippen LogP contribution in [0.15, 0.2) is 168 Å². The quantitative estimate of drug-likeness (QED) is 0.185. The lowest BCUT2D eigenvalue weighted by molar-refractivity contribution is 0.673. The van der Waals surface area contributed by atoms with Gasteiger partial charge in [-0.25, -0.2) is 0 Å². The van der Waals surface area contributed by atoms with Crippen LogP contribution in [0.4, 0.5) is 17.1 Å².